The number of hydrogen-bond donors (Lipinski definition) is 0. The van der Waals surface area contributed by atoms with Crippen LogP contribution in [0.15, 0.2) is 23.4 Å². The van der Waals surface area contributed by atoms with Crippen molar-refractivity contribution in [3.63, 3.8) is 0 Å². The van der Waals surface area contributed by atoms with Gasteiger partial charge < -0.3 is 0 Å². The summed E-state index contributed by atoms with van der Waals surface area (Å²) in [5.74, 6) is 0.572. The maximum Gasteiger partial charge on any atom is 0.0328 e. The van der Waals surface area contributed by atoms with Crippen molar-refractivity contribution in [2.75, 3.05) is 0 Å². The second-order valence-electron chi connectivity index (χ2n) is 2.71. The van der Waals surface area contributed by atoms with Crippen molar-refractivity contribution in [3.8, 4) is 0 Å². The van der Waals surface area contributed by atoms with E-state index in [0.717, 1.165) is 0 Å². The monoisotopic (exact) mass is 140 g/mol. The van der Waals surface area contributed by atoms with E-state index in [-0.39, 0.29) is 0 Å². The van der Waals surface area contributed by atoms with Crippen LogP contribution in [0.3, 0.4) is 0 Å². The first-order valence-corrected chi connectivity index (χ1v) is 4.36. The average molecular weight is 140 g/mol. The zero-order chi connectivity index (χ0) is 7.44. The van der Waals surface area contributed by atoms with Crippen molar-refractivity contribution < 1.29 is 0 Å². The Morgan fingerprint density at radius 1 is 1.56 bits per heavy atom. The van der Waals surface area contributed by atoms with Crippen molar-refractivity contribution >= 4 is 10.2 Å². The molecule has 0 saturated heterocycles. The molecule has 0 aromatic rings. The van der Waals surface area contributed by atoms with Gasteiger partial charge in [0.05, 0.1) is 0 Å². The van der Waals surface area contributed by atoms with E-state index in [1.165, 1.54) is 15.8 Å². The third-order valence-electron chi connectivity index (χ3n) is 1.83. The van der Waals surface area contributed by atoms with Gasteiger partial charge in [0.1, 0.15) is 0 Å². The number of allylic oxidation sites excluding steroid dienone is 3. The molecule has 0 N–H and O–H groups in total. The largest absolute Gasteiger partial charge is 0.102 e. The van der Waals surface area contributed by atoms with Gasteiger partial charge in [-0.2, -0.15) is 0 Å². The zero-order valence-electron chi connectivity index (χ0n) is 6.86. The molecule has 0 fully saturated rings. The third-order valence-corrected chi connectivity index (χ3v) is 2.61. The van der Waals surface area contributed by atoms with Crippen molar-refractivity contribution in [2.24, 2.45) is 5.92 Å². The maximum atomic E-state index is 3.75. The second kappa shape index (κ2) is 3.67. The SMILES string of the molecule is C=CC(C)C(C)=C(C)[SiH3]. The minimum absolute atomic E-state index is 0.572. The molecule has 0 spiro atoms. The van der Waals surface area contributed by atoms with E-state index in [1.54, 1.807) is 5.20 Å². The van der Waals surface area contributed by atoms with E-state index in [2.05, 4.69) is 27.4 Å². The summed E-state index contributed by atoms with van der Waals surface area (Å²) in [6.07, 6.45) is 2.00. The van der Waals surface area contributed by atoms with Crippen LogP contribution in [-0.4, -0.2) is 10.2 Å². The topological polar surface area (TPSA) is 0 Å². The van der Waals surface area contributed by atoms with Crippen molar-refractivity contribution in [3.05, 3.63) is 23.4 Å². The number of hydrogen-bond acceptors (Lipinski definition) is 0. The van der Waals surface area contributed by atoms with Crippen LogP contribution in [-0.2, 0) is 0 Å². The molecule has 0 aromatic carbocycles. The van der Waals surface area contributed by atoms with E-state index in [4.69, 9.17) is 0 Å². The Kier molecular flexibility index (Phi) is 3.55. The molecular formula is C8H16Si. The molecule has 0 rings (SSSR count). The minimum Gasteiger partial charge on any atom is -0.102 e. The van der Waals surface area contributed by atoms with E-state index >= 15 is 0 Å². The van der Waals surface area contributed by atoms with Crippen LogP contribution in [0, 0.1) is 5.92 Å². The van der Waals surface area contributed by atoms with Crippen LogP contribution < -0.4 is 0 Å². The summed E-state index contributed by atoms with van der Waals surface area (Å²) in [5.41, 5.74) is 1.50. The predicted molar refractivity (Wildman–Crippen MR) is 47.7 cm³/mol. The molecule has 0 nitrogen and oxygen atoms in total. The highest BCUT2D eigenvalue weighted by Gasteiger charge is 1.97. The fraction of sp³-hybridized carbons (Fsp3) is 0.500. The molecule has 9 heavy (non-hydrogen) atoms. The van der Waals surface area contributed by atoms with Crippen LogP contribution in [0.4, 0.5) is 0 Å². The van der Waals surface area contributed by atoms with Gasteiger partial charge >= 0.3 is 0 Å². The standard InChI is InChI=1S/C8H16Si/c1-5-6(2)7(3)8(4)9/h5-6H,1H2,2-4,9H3. The normalized spacial score (nSPS) is 16.8. The van der Waals surface area contributed by atoms with Crippen molar-refractivity contribution in [1.82, 2.24) is 0 Å². The summed E-state index contributed by atoms with van der Waals surface area (Å²) in [6.45, 7) is 10.3. The summed E-state index contributed by atoms with van der Waals surface area (Å²) in [7, 11) is 1.19. The Bertz CT molecular complexity index is 130. The van der Waals surface area contributed by atoms with Gasteiger partial charge in [-0.05, 0) is 19.8 Å². The van der Waals surface area contributed by atoms with E-state index in [0.29, 0.717) is 5.92 Å². The van der Waals surface area contributed by atoms with Gasteiger partial charge in [0.2, 0.25) is 0 Å². The molecule has 0 amide bonds. The molecular weight excluding hydrogens is 124 g/mol. The summed E-state index contributed by atoms with van der Waals surface area (Å²) in [5, 5.41) is 1.54. The summed E-state index contributed by atoms with van der Waals surface area (Å²) in [4.78, 5) is 0. The fourth-order valence-corrected chi connectivity index (χ4v) is 1.09. The Morgan fingerprint density at radius 3 is 2.11 bits per heavy atom. The second-order valence-corrected chi connectivity index (χ2v) is 4.21. The lowest BCUT2D eigenvalue weighted by atomic mass is 10.0. The van der Waals surface area contributed by atoms with E-state index in [9.17, 15) is 0 Å². The van der Waals surface area contributed by atoms with Gasteiger partial charge in [-0.1, -0.05) is 23.8 Å². The lowest BCUT2D eigenvalue weighted by molar-refractivity contribution is 0.858. The molecule has 0 aliphatic carbocycles. The van der Waals surface area contributed by atoms with Crippen molar-refractivity contribution in [2.45, 2.75) is 20.8 Å². The zero-order valence-corrected chi connectivity index (χ0v) is 8.86. The lowest BCUT2D eigenvalue weighted by Gasteiger charge is -2.07. The van der Waals surface area contributed by atoms with Crippen molar-refractivity contribution in [1.29, 1.82) is 0 Å². The minimum atomic E-state index is 0.572. The summed E-state index contributed by atoms with van der Waals surface area (Å²) in [6, 6.07) is 0. The molecule has 0 aliphatic rings. The molecule has 0 heterocycles. The molecule has 0 saturated carbocycles. The molecule has 0 aliphatic heterocycles. The molecule has 0 aromatic heterocycles. The maximum absolute atomic E-state index is 3.75. The molecule has 52 valence electrons. The van der Waals surface area contributed by atoms with Crippen LogP contribution in [0.5, 0.6) is 0 Å². The third kappa shape index (κ3) is 2.66. The highest BCUT2D eigenvalue weighted by atomic mass is 28.1. The van der Waals surface area contributed by atoms with E-state index < -0.39 is 0 Å². The Hall–Kier alpha value is -0.303. The number of rotatable bonds is 2. The van der Waals surface area contributed by atoms with Gasteiger partial charge in [-0.3, -0.25) is 0 Å². The highest BCUT2D eigenvalue weighted by molar-refractivity contribution is 6.21. The molecule has 1 atom stereocenters. The fourth-order valence-electron chi connectivity index (χ4n) is 0.632. The molecule has 0 bridgehead atoms. The first kappa shape index (κ1) is 8.70. The lowest BCUT2D eigenvalue weighted by Crippen LogP contribution is -1.93. The molecule has 1 unspecified atom stereocenters. The Labute approximate surface area is 61.1 Å². The quantitative estimate of drug-likeness (QED) is 0.402. The first-order valence-electron chi connectivity index (χ1n) is 3.36. The summed E-state index contributed by atoms with van der Waals surface area (Å²) >= 11 is 0. The first-order chi connectivity index (χ1) is 4.09. The van der Waals surface area contributed by atoms with E-state index in [1.807, 2.05) is 6.08 Å². The average Bonchev–Trinajstić information content (AvgIpc) is 1.84. The Morgan fingerprint density at radius 2 is 2.00 bits per heavy atom. The Balaban J connectivity index is 4.19. The van der Waals surface area contributed by atoms with Crippen LogP contribution in [0.2, 0.25) is 0 Å². The van der Waals surface area contributed by atoms with Gasteiger partial charge in [0, 0.05) is 10.2 Å². The van der Waals surface area contributed by atoms with Gasteiger partial charge in [-0.15, -0.1) is 6.58 Å². The molecule has 0 radical (unpaired) electrons. The highest BCUT2D eigenvalue weighted by Crippen LogP contribution is 2.12. The van der Waals surface area contributed by atoms with Crippen LogP contribution in [0.25, 0.3) is 0 Å². The van der Waals surface area contributed by atoms with Crippen LogP contribution >= 0.6 is 0 Å². The summed E-state index contributed by atoms with van der Waals surface area (Å²) < 4.78 is 0. The smallest absolute Gasteiger partial charge is 0.0328 e. The predicted octanol–water partition coefficient (Wildman–Crippen LogP) is 1.47. The van der Waals surface area contributed by atoms with Gasteiger partial charge in [0.25, 0.3) is 0 Å². The van der Waals surface area contributed by atoms with Crippen LogP contribution in [0.1, 0.15) is 20.8 Å². The molecule has 1 heteroatoms. The van der Waals surface area contributed by atoms with Gasteiger partial charge in [0.15, 0.2) is 0 Å². The van der Waals surface area contributed by atoms with Gasteiger partial charge in [-0.25, -0.2) is 0 Å².